The molecule has 1 aromatic carbocycles. The van der Waals surface area contributed by atoms with Gasteiger partial charge in [0, 0.05) is 35.0 Å². The highest BCUT2D eigenvalue weighted by Crippen LogP contribution is 2.26. The summed E-state index contributed by atoms with van der Waals surface area (Å²) in [6.07, 6.45) is 9.77. The Bertz CT molecular complexity index is 756. The third-order valence-electron chi connectivity index (χ3n) is 4.39. The van der Waals surface area contributed by atoms with Crippen LogP contribution in [0.25, 0.3) is 0 Å². The van der Waals surface area contributed by atoms with Gasteiger partial charge in [0.2, 0.25) is 0 Å². The molecular weight excluding hydrogens is 366 g/mol. The Morgan fingerprint density at radius 2 is 2.00 bits per heavy atom. The summed E-state index contributed by atoms with van der Waals surface area (Å²) in [6.45, 7) is 2.22. The van der Waals surface area contributed by atoms with Crippen LogP contribution in [0.15, 0.2) is 68.9 Å². The molecule has 3 heterocycles. The Labute approximate surface area is 150 Å². The van der Waals surface area contributed by atoms with Crippen LogP contribution in [-0.4, -0.2) is 24.3 Å². The number of anilines is 1. The van der Waals surface area contributed by atoms with E-state index in [1.54, 1.807) is 6.34 Å². The molecule has 0 spiro atoms. The molecule has 3 aliphatic rings. The van der Waals surface area contributed by atoms with Gasteiger partial charge in [-0.3, -0.25) is 0 Å². The standard InChI is InChI=1S/C18H20BrN5/c19-13-5-4-6-14(9-13)23-18-15-10-17(24-7-2-1-3-8-24)20-11-16(15)21-12-22-18/h4-6,9-12,20,23H,1-3,7-8H2,(H,21,22). The van der Waals surface area contributed by atoms with Gasteiger partial charge in [-0.2, -0.15) is 0 Å². The molecule has 3 aliphatic heterocycles. The smallest absolute Gasteiger partial charge is 0.141 e. The van der Waals surface area contributed by atoms with Crippen molar-refractivity contribution in [2.24, 2.45) is 4.99 Å². The summed E-state index contributed by atoms with van der Waals surface area (Å²) in [7, 11) is 0. The summed E-state index contributed by atoms with van der Waals surface area (Å²) in [6, 6.07) is 8.11. The maximum atomic E-state index is 4.50. The quantitative estimate of drug-likeness (QED) is 0.745. The van der Waals surface area contributed by atoms with Crippen molar-refractivity contribution in [2.45, 2.75) is 19.3 Å². The van der Waals surface area contributed by atoms with Crippen LogP contribution >= 0.6 is 15.9 Å². The molecule has 124 valence electrons. The van der Waals surface area contributed by atoms with Gasteiger partial charge in [-0.1, -0.05) is 22.0 Å². The lowest BCUT2D eigenvalue weighted by Gasteiger charge is -2.33. The lowest BCUT2D eigenvalue weighted by atomic mass is 10.1. The number of nitrogens with zero attached hydrogens (tertiary/aromatic N) is 2. The lowest BCUT2D eigenvalue weighted by molar-refractivity contribution is 0.273. The largest absolute Gasteiger partial charge is 0.358 e. The number of halogens is 1. The molecule has 0 radical (unpaired) electrons. The second kappa shape index (κ2) is 6.73. The monoisotopic (exact) mass is 385 g/mol. The molecule has 0 saturated carbocycles. The number of allylic oxidation sites excluding steroid dienone is 1. The van der Waals surface area contributed by atoms with Gasteiger partial charge in [-0.05, 0) is 43.5 Å². The van der Waals surface area contributed by atoms with Gasteiger partial charge < -0.3 is 20.9 Å². The fourth-order valence-corrected chi connectivity index (χ4v) is 3.55. The SMILES string of the molecule is Brc1cccc(NC2=C3C=C(N4CCCCC4)NC=C3NC=N2)c1. The topological polar surface area (TPSA) is 51.7 Å². The maximum absolute atomic E-state index is 4.50. The Hall–Kier alpha value is -2.21. The minimum absolute atomic E-state index is 0.856. The molecule has 1 saturated heterocycles. The highest BCUT2D eigenvalue weighted by Gasteiger charge is 2.21. The van der Waals surface area contributed by atoms with Crippen molar-refractivity contribution >= 4 is 28.0 Å². The van der Waals surface area contributed by atoms with Crippen molar-refractivity contribution in [3.8, 4) is 0 Å². The predicted octanol–water partition coefficient (Wildman–Crippen LogP) is 3.48. The van der Waals surface area contributed by atoms with Gasteiger partial charge in [0.1, 0.15) is 11.6 Å². The van der Waals surface area contributed by atoms with Crippen molar-refractivity contribution in [3.63, 3.8) is 0 Å². The lowest BCUT2D eigenvalue weighted by Crippen LogP contribution is -2.37. The Kier molecular flexibility index (Phi) is 4.30. The normalized spacial score (nSPS) is 19.8. The van der Waals surface area contributed by atoms with Gasteiger partial charge >= 0.3 is 0 Å². The molecule has 3 N–H and O–H groups in total. The van der Waals surface area contributed by atoms with Crippen LogP contribution in [0.1, 0.15) is 19.3 Å². The second-order valence-corrected chi connectivity index (χ2v) is 7.00. The van der Waals surface area contributed by atoms with E-state index in [1.165, 1.54) is 19.3 Å². The number of hydrogen-bond acceptors (Lipinski definition) is 5. The molecule has 4 rings (SSSR count). The van der Waals surface area contributed by atoms with Crippen molar-refractivity contribution in [1.29, 1.82) is 0 Å². The molecule has 0 unspecified atom stereocenters. The first-order valence-corrected chi connectivity index (χ1v) is 9.08. The van der Waals surface area contributed by atoms with Crippen LogP contribution in [0, 0.1) is 0 Å². The summed E-state index contributed by atoms with van der Waals surface area (Å²) in [5, 5.41) is 10.0. The molecule has 24 heavy (non-hydrogen) atoms. The van der Waals surface area contributed by atoms with Crippen molar-refractivity contribution < 1.29 is 0 Å². The van der Waals surface area contributed by atoms with Crippen LogP contribution < -0.4 is 16.0 Å². The zero-order valence-corrected chi connectivity index (χ0v) is 14.9. The molecule has 6 heteroatoms. The third-order valence-corrected chi connectivity index (χ3v) is 4.88. The van der Waals surface area contributed by atoms with Crippen LogP contribution in [0.2, 0.25) is 0 Å². The number of rotatable bonds is 3. The maximum Gasteiger partial charge on any atom is 0.141 e. The molecule has 0 bridgehead atoms. The van der Waals surface area contributed by atoms with E-state index < -0.39 is 0 Å². The van der Waals surface area contributed by atoms with Crippen LogP contribution in [-0.2, 0) is 0 Å². The van der Waals surface area contributed by atoms with E-state index in [1.807, 2.05) is 30.5 Å². The Morgan fingerprint density at radius 3 is 2.83 bits per heavy atom. The fourth-order valence-electron chi connectivity index (χ4n) is 3.15. The Morgan fingerprint density at radius 1 is 1.12 bits per heavy atom. The number of nitrogens with one attached hydrogen (secondary N) is 3. The first-order valence-electron chi connectivity index (χ1n) is 8.29. The summed E-state index contributed by atoms with van der Waals surface area (Å²) in [5.74, 6) is 2.01. The van der Waals surface area contributed by atoms with Gasteiger partial charge in [-0.15, -0.1) is 0 Å². The molecule has 0 aromatic heterocycles. The second-order valence-electron chi connectivity index (χ2n) is 6.08. The minimum atomic E-state index is 0.856. The van der Waals surface area contributed by atoms with E-state index >= 15 is 0 Å². The third kappa shape index (κ3) is 3.19. The van der Waals surface area contributed by atoms with Crippen molar-refractivity contribution in [2.75, 3.05) is 18.4 Å². The average Bonchev–Trinajstić information content (AvgIpc) is 2.62. The molecule has 5 nitrogen and oxygen atoms in total. The van der Waals surface area contributed by atoms with Crippen LogP contribution in [0.5, 0.6) is 0 Å². The number of aliphatic imine (C=N–C) groups is 1. The fraction of sp³-hybridized carbons (Fsp3) is 0.278. The minimum Gasteiger partial charge on any atom is -0.358 e. The molecule has 1 aromatic rings. The highest BCUT2D eigenvalue weighted by molar-refractivity contribution is 9.10. The van der Waals surface area contributed by atoms with Crippen LogP contribution in [0.4, 0.5) is 5.69 Å². The first-order chi connectivity index (χ1) is 11.8. The number of fused-ring (bicyclic) bond motifs is 1. The summed E-state index contributed by atoms with van der Waals surface area (Å²) >= 11 is 3.51. The summed E-state index contributed by atoms with van der Waals surface area (Å²) < 4.78 is 1.04. The number of hydrogen-bond donors (Lipinski definition) is 3. The van der Waals surface area contributed by atoms with Crippen LogP contribution in [0.3, 0.4) is 0 Å². The van der Waals surface area contributed by atoms with E-state index in [0.717, 1.165) is 46.2 Å². The van der Waals surface area contributed by atoms with E-state index in [9.17, 15) is 0 Å². The molecule has 1 fully saturated rings. The van der Waals surface area contributed by atoms with E-state index in [2.05, 4.69) is 47.8 Å². The van der Waals surface area contributed by atoms with E-state index in [0.29, 0.717) is 0 Å². The molecule has 0 aliphatic carbocycles. The molecule has 0 atom stereocenters. The van der Waals surface area contributed by atoms with Crippen molar-refractivity contribution in [3.05, 3.63) is 63.9 Å². The van der Waals surface area contributed by atoms with Gasteiger partial charge in [0.15, 0.2) is 0 Å². The first kappa shape index (κ1) is 15.3. The predicted molar refractivity (Wildman–Crippen MR) is 101 cm³/mol. The molecular formula is C18H20BrN5. The van der Waals surface area contributed by atoms with Gasteiger partial charge in [0.25, 0.3) is 0 Å². The van der Waals surface area contributed by atoms with E-state index in [-0.39, 0.29) is 0 Å². The zero-order chi connectivity index (χ0) is 16.4. The number of piperidine rings is 1. The zero-order valence-electron chi connectivity index (χ0n) is 13.3. The van der Waals surface area contributed by atoms with E-state index in [4.69, 9.17) is 0 Å². The molecule has 0 amide bonds. The summed E-state index contributed by atoms with van der Waals surface area (Å²) in [4.78, 5) is 6.92. The number of dihydropyridines is 1. The number of benzene rings is 1. The average molecular weight is 386 g/mol. The number of likely N-dealkylation sites (tertiary alicyclic amines) is 1. The van der Waals surface area contributed by atoms with Crippen molar-refractivity contribution in [1.82, 2.24) is 15.5 Å². The van der Waals surface area contributed by atoms with Gasteiger partial charge in [-0.25, -0.2) is 4.99 Å². The summed E-state index contributed by atoms with van der Waals surface area (Å²) in [5.41, 5.74) is 3.12. The Balaban J connectivity index is 1.64. The van der Waals surface area contributed by atoms with Gasteiger partial charge in [0.05, 0.1) is 12.0 Å². The highest BCUT2D eigenvalue weighted by atomic mass is 79.9.